The van der Waals surface area contributed by atoms with Gasteiger partial charge in [-0.15, -0.1) is 0 Å². The first kappa shape index (κ1) is 57.0. The van der Waals surface area contributed by atoms with E-state index in [0.29, 0.717) is 75.0 Å². The van der Waals surface area contributed by atoms with Crippen molar-refractivity contribution >= 4 is 17.8 Å². The fourth-order valence-electron chi connectivity index (χ4n) is 7.82. The van der Waals surface area contributed by atoms with Gasteiger partial charge in [-0.2, -0.15) is 0 Å². The second-order valence-corrected chi connectivity index (χ2v) is 17.8. The van der Waals surface area contributed by atoms with Crippen molar-refractivity contribution in [3.05, 3.63) is 17.7 Å². The molecule has 0 bridgehead atoms. The van der Waals surface area contributed by atoms with E-state index in [1.54, 1.807) is 0 Å². The van der Waals surface area contributed by atoms with Crippen molar-refractivity contribution in [2.24, 2.45) is 0 Å². The Kier molecular flexibility index (Phi) is 39.8. The molecule has 0 saturated carbocycles. The molecule has 9 heteroatoms. The number of carbonyl (C=O) groups is 3. The van der Waals surface area contributed by atoms with Crippen LogP contribution in [0.2, 0.25) is 0 Å². The minimum absolute atomic E-state index is 0.0632. The summed E-state index contributed by atoms with van der Waals surface area (Å²) in [6.45, 7) is 9.39. The van der Waals surface area contributed by atoms with Crippen molar-refractivity contribution in [1.82, 2.24) is 10.6 Å². The molecule has 9 nitrogen and oxygen atoms in total. The second-order valence-electron chi connectivity index (χ2n) is 17.8. The lowest BCUT2D eigenvalue weighted by Crippen LogP contribution is -2.28. The van der Waals surface area contributed by atoms with E-state index in [2.05, 4.69) is 31.4 Å². The molecule has 0 aliphatic carbocycles. The summed E-state index contributed by atoms with van der Waals surface area (Å²) in [5.74, 6) is 0.671. The molecule has 2 amide bonds. The quantitative estimate of drug-likeness (QED) is 0.0557. The van der Waals surface area contributed by atoms with Gasteiger partial charge in [-0.25, -0.2) is 0 Å². The van der Waals surface area contributed by atoms with E-state index in [4.69, 9.17) is 19.3 Å². The molecule has 3 N–H and O–H groups in total. The number of carboxylic acid groups (broad SMARTS) is 1. The Morgan fingerprint density at radius 3 is 1.18 bits per heavy atom. The Morgan fingerprint density at radius 1 is 0.419 bits per heavy atom. The van der Waals surface area contributed by atoms with Crippen LogP contribution >= 0.6 is 0 Å². The molecule has 0 aromatic heterocycles. The van der Waals surface area contributed by atoms with Crippen molar-refractivity contribution in [2.45, 2.75) is 252 Å². The molecule has 1 aromatic carbocycles. The van der Waals surface area contributed by atoms with Gasteiger partial charge in [0.05, 0.1) is 19.8 Å². The van der Waals surface area contributed by atoms with Crippen molar-refractivity contribution in [2.75, 3.05) is 32.9 Å². The number of ether oxygens (including phenoxy) is 3. The number of rotatable bonds is 47. The van der Waals surface area contributed by atoms with Crippen LogP contribution in [-0.4, -0.2) is 55.8 Å². The van der Waals surface area contributed by atoms with Crippen LogP contribution in [0.25, 0.3) is 0 Å². The van der Waals surface area contributed by atoms with Crippen LogP contribution < -0.4 is 24.8 Å². The topological polar surface area (TPSA) is 123 Å². The Morgan fingerprint density at radius 2 is 0.774 bits per heavy atom. The van der Waals surface area contributed by atoms with Gasteiger partial charge >= 0.3 is 5.97 Å². The summed E-state index contributed by atoms with van der Waals surface area (Å²) in [7, 11) is 0. The van der Waals surface area contributed by atoms with Crippen LogP contribution in [-0.2, 0) is 9.59 Å². The normalized spacial score (nSPS) is 11.1. The third-order valence-corrected chi connectivity index (χ3v) is 11.8. The highest BCUT2D eigenvalue weighted by atomic mass is 16.5. The van der Waals surface area contributed by atoms with Gasteiger partial charge in [0.15, 0.2) is 11.5 Å². The fourth-order valence-corrected chi connectivity index (χ4v) is 7.82. The van der Waals surface area contributed by atoms with Crippen LogP contribution in [0.4, 0.5) is 0 Å². The van der Waals surface area contributed by atoms with E-state index >= 15 is 0 Å². The lowest BCUT2D eigenvalue weighted by atomic mass is 10.1. The van der Waals surface area contributed by atoms with Crippen LogP contribution in [0.15, 0.2) is 12.1 Å². The maximum Gasteiger partial charge on any atom is 0.303 e. The van der Waals surface area contributed by atoms with Crippen molar-refractivity contribution < 1.29 is 33.7 Å². The van der Waals surface area contributed by atoms with Gasteiger partial charge in [0.25, 0.3) is 5.91 Å². The number of hydrogen-bond donors (Lipinski definition) is 3. The van der Waals surface area contributed by atoms with Gasteiger partial charge in [-0.1, -0.05) is 201 Å². The summed E-state index contributed by atoms with van der Waals surface area (Å²) < 4.78 is 19.4. The maximum absolute atomic E-state index is 13.6. The molecule has 0 fully saturated rings. The highest BCUT2D eigenvalue weighted by Gasteiger charge is 2.19. The van der Waals surface area contributed by atoms with Crippen molar-refractivity contribution in [1.29, 1.82) is 0 Å². The Balaban J connectivity index is 2.90. The third kappa shape index (κ3) is 34.5. The Hall–Kier alpha value is -2.97. The predicted molar refractivity (Wildman–Crippen MR) is 259 cm³/mol. The van der Waals surface area contributed by atoms with Crippen LogP contribution in [0, 0.1) is 0 Å². The van der Waals surface area contributed by atoms with Crippen LogP contribution in [0.5, 0.6) is 17.2 Å². The summed E-state index contributed by atoms with van der Waals surface area (Å²) in [4.78, 5) is 36.7. The standard InChI is InChI=1S/C53H96N2O7/c1-4-7-10-13-16-19-22-25-28-34-42-60-48-45-47(53(59)55-41-37-38-50(56)54-40-33-31-32-39-51(57)58)46-49(61-43-35-29-26-23-20-17-14-11-8-5-2)52(48)62-44-36-30-27-24-21-18-15-12-9-6-3/h45-46H,4-44H2,1-3H3,(H,54,56)(H,55,59)(H,57,58). The number of carbonyl (C=O) groups excluding carboxylic acids is 2. The number of carboxylic acids is 1. The molecular formula is C53H96N2O7. The van der Waals surface area contributed by atoms with Gasteiger partial charge < -0.3 is 30.0 Å². The zero-order valence-electron chi connectivity index (χ0n) is 40.5. The maximum atomic E-state index is 13.6. The van der Waals surface area contributed by atoms with Crippen LogP contribution in [0.1, 0.15) is 262 Å². The van der Waals surface area contributed by atoms with Gasteiger partial charge in [0, 0.05) is 31.5 Å². The van der Waals surface area contributed by atoms with E-state index in [1.807, 2.05) is 12.1 Å². The molecule has 0 aliphatic rings. The van der Waals surface area contributed by atoms with Crippen molar-refractivity contribution in [3.8, 4) is 17.2 Å². The molecule has 0 radical (unpaired) electrons. The molecule has 62 heavy (non-hydrogen) atoms. The highest BCUT2D eigenvalue weighted by Crippen LogP contribution is 2.40. The Bertz CT molecular complexity index is 1160. The van der Waals surface area contributed by atoms with E-state index in [-0.39, 0.29) is 18.2 Å². The first-order valence-electron chi connectivity index (χ1n) is 26.3. The molecule has 0 unspecified atom stereocenters. The second kappa shape index (κ2) is 43.3. The highest BCUT2D eigenvalue weighted by molar-refractivity contribution is 5.95. The summed E-state index contributed by atoms with van der Waals surface area (Å²) in [6, 6.07) is 3.62. The minimum atomic E-state index is -0.791. The smallest absolute Gasteiger partial charge is 0.303 e. The summed E-state index contributed by atoms with van der Waals surface area (Å²) in [5, 5.41) is 14.7. The zero-order valence-corrected chi connectivity index (χ0v) is 40.5. The molecule has 1 aromatic rings. The van der Waals surface area contributed by atoms with E-state index in [1.165, 1.54) is 154 Å². The summed E-state index contributed by atoms with van der Waals surface area (Å²) in [6.07, 6.45) is 40.7. The summed E-state index contributed by atoms with van der Waals surface area (Å²) in [5.41, 5.74) is 0.471. The predicted octanol–water partition coefficient (Wildman–Crippen LogP) is 14.9. The fraction of sp³-hybridized carbons (Fsp3) is 0.830. The largest absolute Gasteiger partial charge is 0.490 e. The van der Waals surface area contributed by atoms with Gasteiger partial charge in [-0.05, 0) is 50.7 Å². The number of hydrogen-bond acceptors (Lipinski definition) is 6. The number of aliphatic carboxylic acids is 1. The number of benzene rings is 1. The Labute approximate surface area is 380 Å². The molecule has 0 heterocycles. The molecule has 0 atom stereocenters. The first-order valence-corrected chi connectivity index (χ1v) is 26.3. The van der Waals surface area contributed by atoms with Gasteiger partial charge in [0.1, 0.15) is 0 Å². The third-order valence-electron chi connectivity index (χ3n) is 11.8. The van der Waals surface area contributed by atoms with Crippen LogP contribution in [0.3, 0.4) is 0 Å². The average Bonchev–Trinajstić information content (AvgIpc) is 3.26. The zero-order chi connectivity index (χ0) is 45.0. The molecule has 1 rings (SSSR count). The van der Waals surface area contributed by atoms with Crippen molar-refractivity contribution in [3.63, 3.8) is 0 Å². The summed E-state index contributed by atoms with van der Waals surface area (Å²) >= 11 is 0. The van der Waals surface area contributed by atoms with E-state index < -0.39 is 5.97 Å². The van der Waals surface area contributed by atoms with E-state index in [0.717, 1.165) is 51.4 Å². The minimum Gasteiger partial charge on any atom is -0.490 e. The molecular weight excluding hydrogens is 777 g/mol. The average molecular weight is 873 g/mol. The molecule has 0 aliphatic heterocycles. The number of nitrogens with one attached hydrogen (secondary N) is 2. The van der Waals surface area contributed by atoms with E-state index in [9.17, 15) is 14.4 Å². The SMILES string of the molecule is CCCCCCCCCCCCOc1cc(C(=O)NCCCC(=O)NCCCCCC(=O)O)cc(OCCCCCCCCCCCC)c1OCCCCCCCCCCCC. The number of unbranched alkanes of at least 4 members (excludes halogenated alkanes) is 29. The first-order chi connectivity index (χ1) is 30.4. The number of amides is 2. The lowest BCUT2D eigenvalue weighted by Gasteiger charge is -2.19. The lowest BCUT2D eigenvalue weighted by molar-refractivity contribution is -0.137. The molecule has 0 spiro atoms. The monoisotopic (exact) mass is 873 g/mol. The molecule has 360 valence electrons. The van der Waals surface area contributed by atoms with Gasteiger partial charge in [-0.3, -0.25) is 14.4 Å². The van der Waals surface area contributed by atoms with Gasteiger partial charge in [0.2, 0.25) is 11.7 Å². The molecule has 0 saturated heterocycles.